The number of halogens is 3. The molecule has 1 atom stereocenters. The van der Waals surface area contributed by atoms with E-state index in [2.05, 4.69) is 10.4 Å². The lowest BCUT2D eigenvalue weighted by Gasteiger charge is -2.24. The van der Waals surface area contributed by atoms with Crippen LogP contribution in [-0.4, -0.2) is 40.5 Å². The van der Waals surface area contributed by atoms with Crippen LogP contribution in [0.2, 0.25) is 0 Å². The number of hydrogen-bond donors (Lipinski definition) is 3. The first-order chi connectivity index (χ1) is 10.6. The number of aromatic amines is 1. The third-order valence-electron chi connectivity index (χ3n) is 3.04. The number of hydrogen-bond acceptors (Lipinski definition) is 5. The number of nitrogens with one attached hydrogen (secondary N) is 2. The number of carbonyl (C=O) groups is 1. The number of alkyl halides is 3. The lowest BCUT2D eigenvalue weighted by atomic mass is 10.0. The molecule has 0 amide bonds. The van der Waals surface area contributed by atoms with E-state index in [1.54, 1.807) is 18.9 Å². The van der Waals surface area contributed by atoms with E-state index in [1.807, 2.05) is 0 Å². The van der Waals surface area contributed by atoms with Crippen molar-refractivity contribution < 1.29 is 27.8 Å². The lowest BCUT2D eigenvalue weighted by molar-refractivity contribution is -0.139. The second kappa shape index (κ2) is 7.95. The van der Waals surface area contributed by atoms with Gasteiger partial charge in [-0.05, 0) is 5.92 Å². The van der Waals surface area contributed by atoms with Gasteiger partial charge in [-0.3, -0.25) is 9.59 Å². The summed E-state index contributed by atoms with van der Waals surface area (Å²) < 4.78 is 44.1. The molecule has 1 aromatic rings. The summed E-state index contributed by atoms with van der Waals surface area (Å²) in [6, 6.07) is -0.548. The Bertz CT molecular complexity index is 587. The molecule has 0 spiro atoms. The summed E-state index contributed by atoms with van der Waals surface area (Å²) >= 11 is 0. The summed E-state index contributed by atoms with van der Waals surface area (Å²) in [5.41, 5.74) is -3.14. The number of ether oxygens (including phenoxy) is 1. The van der Waals surface area contributed by atoms with Crippen LogP contribution in [0.15, 0.2) is 11.0 Å². The molecule has 0 aliphatic rings. The van der Waals surface area contributed by atoms with E-state index in [9.17, 15) is 22.8 Å². The molecule has 0 saturated carbocycles. The largest absolute Gasteiger partial charge is 0.481 e. The van der Waals surface area contributed by atoms with Crippen LogP contribution in [-0.2, 0) is 15.7 Å². The summed E-state index contributed by atoms with van der Waals surface area (Å²) in [4.78, 5) is 21.8. The van der Waals surface area contributed by atoms with E-state index in [1.165, 1.54) is 0 Å². The summed E-state index contributed by atoms with van der Waals surface area (Å²) in [7, 11) is 0. The molecule has 10 heteroatoms. The van der Waals surface area contributed by atoms with Crippen molar-refractivity contribution in [2.75, 3.05) is 18.5 Å². The van der Waals surface area contributed by atoms with Crippen LogP contribution in [0.5, 0.6) is 0 Å². The third-order valence-corrected chi connectivity index (χ3v) is 3.04. The number of aromatic nitrogens is 2. The van der Waals surface area contributed by atoms with Gasteiger partial charge in [0.25, 0.3) is 5.56 Å². The molecule has 1 aromatic heterocycles. The molecule has 0 fully saturated rings. The van der Waals surface area contributed by atoms with Gasteiger partial charge in [0.1, 0.15) is 5.56 Å². The Hall–Kier alpha value is -2.10. The molecule has 1 rings (SSSR count). The summed E-state index contributed by atoms with van der Waals surface area (Å²) in [6.45, 7) is 3.45. The highest BCUT2D eigenvalue weighted by molar-refractivity contribution is 5.66. The van der Waals surface area contributed by atoms with Crippen molar-refractivity contribution in [3.63, 3.8) is 0 Å². The smallest absolute Gasteiger partial charge is 0.423 e. The fraction of sp³-hybridized carbons (Fsp3) is 0.615. The Morgan fingerprint density at radius 3 is 2.65 bits per heavy atom. The number of H-pyrrole nitrogens is 1. The maximum absolute atomic E-state index is 13.0. The van der Waals surface area contributed by atoms with Crippen molar-refractivity contribution in [1.29, 1.82) is 0 Å². The SMILES string of the molecule is CC(C)[C@@H](COCCC(=O)O)Nc1cn[nH]c(=O)c1C(F)(F)F. The molecule has 1 heterocycles. The number of rotatable bonds is 8. The first-order valence-electron chi connectivity index (χ1n) is 6.84. The van der Waals surface area contributed by atoms with Crippen LogP contribution in [0.25, 0.3) is 0 Å². The predicted octanol–water partition coefficient (Wildman–Crippen LogP) is 1.72. The van der Waals surface area contributed by atoms with E-state index in [0.29, 0.717) is 0 Å². The minimum atomic E-state index is -4.83. The van der Waals surface area contributed by atoms with Gasteiger partial charge in [-0.15, -0.1) is 0 Å². The second-order valence-electron chi connectivity index (χ2n) is 5.20. The van der Waals surface area contributed by atoms with Gasteiger partial charge in [-0.25, -0.2) is 5.10 Å². The van der Waals surface area contributed by atoms with E-state index in [-0.39, 0.29) is 25.6 Å². The second-order valence-corrected chi connectivity index (χ2v) is 5.20. The number of anilines is 1. The highest BCUT2D eigenvalue weighted by Gasteiger charge is 2.37. The standard InChI is InChI=1S/C13H18F3N3O4/c1-7(2)9(6-23-4-3-10(20)21)18-8-5-17-19-12(22)11(8)13(14,15)16/h5,7,9H,3-4,6H2,1-2H3,(H,20,21)(H2,18,19,22)/t9-/m1/s1. The van der Waals surface area contributed by atoms with Crippen LogP contribution in [0, 0.1) is 5.92 Å². The Morgan fingerprint density at radius 1 is 1.48 bits per heavy atom. The third kappa shape index (κ3) is 5.89. The molecule has 0 aromatic carbocycles. The number of carboxylic acids is 1. The van der Waals surface area contributed by atoms with Gasteiger partial charge in [-0.2, -0.15) is 18.3 Å². The Kier molecular flexibility index (Phi) is 6.55. The fourth-order valence-electron chi connectivity index (χ4n) is 1.76. The maximum atomic E-state index is 13.0. The van der Waals surface area contributed by atoms with Crippen molar-refractivity contribution in [3.8, 4) is 0 Å². The molecule has 0 unspecified atom stereocenters. The van der Waals surface area contributed by atoms with Crippen LogP contribution in [0.3, 0.4) is 0 Å². The van der Waals surface area contributed by atoms with Crippen molar-refractivity contribution in [2.45, 2.75) is 32.5 Å². The minimum Gasteiger partial charge on any atom is -0.481 e. The average molecular weight is 337 g/mol. The molecule has 130 valence electrons. The molecule has 0 aliphatic carbocycles. The van der Waals surface area contributed by atoms with Crippen LogP contribution >= 0.6 is 0 Å². The lowest BCUT2D eigenvalue weighted by Crippen LogP contribution is -2.34. The summed E-state index contributed by atoms with van der Waals surface area (Å²) in [5.74, 6) is -1.16. The van der Waals surface area contributed by atoms with E-state index in [0.717, 1.165) is 6.20 Å². The molecule has 3 N–H and O–H groups in total. The van der Waals surface area contributed by atoms with Crippen LogP contribution in [0.1, 0.15) is 25.8 Å². The van der Waals surface area contributed by atoms with Crippen molar-refractivity contribution >= 4 is 11.7 Å². The minimum absolute atomic E-state index is 0.00492. The van der Waals surface area contributed by atoms with Crippen LogP contribution in [0.4, 0.5) is 18.9 Å². The van der Waals surface area contributed by atoms with Crippen LogP contribution < -0.4 is 10.9 Å². The van der Waals surface area contributed by atoms with Gasteiger partial charge in [0.15, 0.2) is 0 Å². The highest BCUT2D eigenvalue weighted by Crippen LogP contribution is 2.32. The Balaban J connectivity index is 2.87. The zero-order valence-corrected chi connectivity index (χ0v) is 12.6. The molecule has 0 aliphatic heterocycles. The first-order valence-corrected chi connectivity index (χ1v) is 6.84. The number of aliphatic carboxylic acids is 1. The zero-order chi connectivity index (χ0) is 17.6. The first kappa shape index (κ1) is 18.9. The number of carboxylic acid groups (broad SMARTS) is 1. The summed E-state index contributed by atoms with van der Waals surface area (Å²) in [5, 5.41) is 16.2. The van der Waals surface area contributed by atoms with Gasteiger partial charge in [0.2, 0.25) is 0 Å². The number of nitrogens with zero attached hydrogens (tertiary/aromatic N) is 1. The zero-order valence-electron chi connectivity index (χ0n) is 12.6. The predicted molar refractivity (Wildman–Crippen MR) is 75.2 cm³/mol. The van der Waals surface area contributed by atoms with Gasteiger partial charge in [-0.1, -0.05) is 13.8 Å². The van der Waals surface area contributed by atoms with E-state index < -0.39 is 35.0 Å². The van der Waals surface area contributed by atoms with Crippen molar-refractivity contribution in [2.24, 2.45) is 5.92 Å². The Labute approximate surface area is 129 Å². The Morgan fingerprint density at radius 2 is 2.13 bits per heavy atom. The monoisotopic (exact) mass is 337 g/mol. The van der Waals surface area contributed by atoms with Crippen molar-refractivity contribution in [3.05, 3.63) is 22.1 Å². The molecule has 23 heavy (non-hydrogen) atoms. The average Bonchev–Trinajstić information content (AvgIpc) is 2.40. The van der Waals surface area contributed by atoms with Gasteiger partial charge < -0.3 is 15.2 Å². The maximum Gasteiger partial charge on any atom is 0.423 e. The highest BCUT2D eigenvalue weighted by atomic mass is 19.4. The molecule has 0 radical (unpaired) electrons. The van der Waals surface area contributed by atoms with E-state index >= 15 is 0 Å². The molecule has 7 nitrogen and oxygen atoms in total. The molecule has 0 bridgehead atoms. The summed E-state index contributed by atoms with van der Waals surface area (Å²) in [6.07, 6.45) is -4.15. The normalized spacial score (nSPS) is 13.1. The van der Waals surface area contributed by atoms with E-state index in [4.69, 9.17) is 9.84 Å². The molecule has 0 saturated heterocycles. The van der Waals surface area contributed by atoms with Gasteiger partial charge in [0.05, 0.1) is 37.6 Å². The quantitative estimate of drug-likeness (QED) is 0.624. The van der Waals surface area contributed by atoms with Gasteiger partial charge >= 0.3 is 12.1 Å². The fourth-order valence-corrected chi connectivity index (χ4v) is 1.76. The molecular formula is C13H18F3N3O4. The van der Waals surface area contributed by atoms with Crippen molar-refractivity contribution in [1.82, 2.24) is 10.2 Å². The topological polar surface area (TPSA) is 104 Å². The molecular weight excluding hydrogens is 319 g/mol. The van der Waals surface area contributed by atoms with Gasteiger partial charge in [0, 0.05) is 0 Å².